The average Bonchev–Trinajstić information content (AvgIpc) is 2.97. The van der Waals surface area contributed by atoms with E-state index in [-0.39, 0.29) is 6.04 Å². The summed E-state index contributed by atoms with van der Waals surface area (Å²) in [6.45, 7) is 5.69. The first-order chi connectivity index (χ1) is 10.00. The molecule has 116 valence electrons. The van der Waals surface area contributed by atoms with E-state index < -0.39 is 10.0 Å². The number of fused-ring (bicyclic) bond motifs is 1. The smallest absolute Gasteiger partial charge is 0.243 e. The third-order valence-electron chi connectivity index (χ3n) is 4.14. The normalized spacial score (nSPS) is 22.7. The van der Waals surface area contributed by atoms with Gasteiger partial charge in [0.05, 0.1) is 4.90 Å². The van der Waals surface area contributed by atoms with Gasteiger partial charge in [0.25, 0.3) is 0 Å². The minimum Gasteiger partial charge on any atom is -0.486 e. The molecule has 1 saturated heterocycles. The summed E-state index contributed by atoms with van der Waals surface area (Å²) in [6.07, 6.45) is 1.86. The van der Waals surface area contributed by atoms with Crippen molar-refractivity contribution >= 4 is 10.0 Å². The average molecular weight is 311 g/mol. The zero-order chi connectivity index (χ0) is 15.0. The lowest BCUT2D eigenvalue weighted by Crippen LogP contribution is -2.38. The number of ether oxygens (including phenoxy) is 2. The lowest BCUT2D eigenvalue weighted by atomic mass is 10.0. The molecule has 1 aromatic rings. The van der Waals surface area contributed by atoms with Gasteiger partial charge in [0.1, 0.15) is 13.2 Å². The molecule has 5 nitrogen and oxygen atoms in total. The maximum atomic E-state index is 12.9. The molecule has 2 aliphatic heterocycles. The van der Waals surface area contributed by atoms with Gasteiger partial charge < -0.3 is 9.47 Å². The van der Waals surface area contributed by atoms with Crippen molar-refractivity contribution in [3.63, 3.8) is 0 Å². The Bertz CT molecular complexity index is 627. The van der Waals surface area contributed by atoms with Crippen LogP contribution in [0.15, 0.2) is 23.1 Å². The molecule has 0 spiro atoms. The molecule has 2 aliphatic rings. The molecule has 0 aromatic heterocycles. The van der Waals surface area contributed by atoms with Crippen LogP contribution >= 0.6 is 0 Å². The Kier molecular flexibility index (Phi) is 3.84. The van der Waals surface area contributed by atoms with Gasteiger partial charge in [-0.15, -0.1) is 0 Å². The van der Waals surface area contributed by atoms with E-state index in [0.717, 1.165) is 12.8 Å². The molecule has 0 amide bonds. The maximum Gasteiger partial charge on any atom is 0.243 e. The minimum atomic E-state index is -3.47. The van der Waals surface area contributed by atoms with E-state index in [1.54, 1.807) is 22.5 Å². The van der Waals surface area contributed by atoms with Gasteiger partial charge in [-0.2, -0.15) is 4.31 Å². The summed E-state index contributed by atoms with van der Waals surface area (Å²) in [5.41, 5.74) is 0. The first-order valence-electron chi connectivity index (χ1n) is 7.41. The van der Waals surface area contributed by atoms with E-state index >= 15 is 0 Å². The SMILES string of the molecule is CC(C)C1CCCN1S(=O)(=O)c1ccc2c(c1)OCCO2. The highest BCUT2D eigenvalue weighted by molar-refractivity contribution is 7.89. The number of hydrogen-bond acceptors (Lipinski definition) is 4. The summed E-state index contributed by atoms with van der Waals surface area (Å²) in [4.78, 5) is 0.291. The molecular weight excluding hydrogens is 290 g/mol. The Morgan fingerprint density at radius 3 is 2.62 bits per heavy atom. The fraction of sp³-hybridized carbons (Fsp3) is 0.600. The zero-order valence-corrected chi connectivity index (χ0v) is 13.2. The van der Waals surface area contributed by atoms with Crippen LogP contribution in [0.5, 0.6) is 11.5 Å². The Morgan fingerprint density at radius 1 is 1.19 bits per heavy atom. The molecule has 1 atom stereocenters. The Labute approximate surface area is 125 Å². The van der Waals surface area contributed by atoms with Crippen molar-refractivity contribution in [1.29, 1.82) is 0 Å². The quantitative estimate of drug-likeness (QED) is 0.859. The number of benzene rings is 1. The summed E-state index contributed by atoms with van der Waals surface area (Å²) in [6, 6.07) is 4.96. The predicted octanol–water partition coefficient (Wildman–Crippen LogP) is 2.27. The summed E-state index contributed by atoms with van der Waals surface area (Å²) in [7, 11) is -3.47. The highest BCUT2D eigenvalue weighted by Crippen LogP contribution is 2.35. The predicted molar refractivity (Wildman–Crippen MR) is 79.2 cm³/mol. The van der Waals surface area contributed by atoms with Crippen molar-refractivity contribution in [2.75, 3.05) is 19.8 Å². The molecule has 0 radical (unpaired) electrons. The lowest BCUT2D eigenvalue weighted by Gasteiger charge is -2.27. The van der Waals surface area contributed by atoms with Crippen molar-refractivity contribution < 1.29 is 17.9 Å². The van der Waals surface area contributed by atoms with Crippen molar-refractivity contribution in [3.05, 3.63) is 18.2 Å². The first kappa shape index (κ1) is 14.7. The first-order valence-corrected chi connectivity index (χ1v) is 8.85. The summed E-state index contributed by atoms with van der Waals surface area (Å²) in [5.74, 6) is 1.45. The van der Waals surface area contributed by atoms with Crippen LogP contribution in [-0.4, -0.2) is 38.5 Å². The highest BCUT2D eigenvalue weighted by atomic mass is 32.2. The molecule has 1 unspecified atom stereocenters. The fourth-order valence-electron chi connectivity index (χ4n) is 3.05. The number of hydrogen-bond donors (Lipinski definition) is 0. The van der Waals surface area contributed by atoms with Crippen molar-refractivity contribution in [3.8, 4) is 11.5 Å². The van der Waals surface area contributed by atoms with E-state index in [4.69, 9.17) is 9.47 Å². The molecule has 0 aliphatic carbocycles. The molecule has 1 fully saturated rings. The molecule has 0 bridgehead atoms. The van der Waals surface area contributed by atoms with Crippen LogP contribution in [0.1, 0.15) is 26.7 Å². The van der Waals surface area contributed by atoms with E-state index in [9.17, 15) is 8.42 Å². The Hall–Kier alpha value is -1.27. The summed E-state index contributed by atoms with van der Waals surface area (Å²) >= 11 is 0. The summed E-state index contributed by atoms with van der Waals surface area (Å²) < 4.78 is 38.3. The second-order valence-corrected chi connectivity index (χ2v) is 7.77. The van der Waals surface area contributed by atoms with Crippen molar-refractivity contribution in [2.45, 2.75) is 37.6 Å². The molecule has 2 heterocycles. The van der Waals surface area contributed by atoms with Crippen LogP contribution in [0.25, 0.3) is 0 Å². The van der Waals surface area contributed by atoms with Gasteiger partial charge in [0.2, 0.25) is 10.0 Å². The number of nitrogens with zero attached hydrogens (tertiary/aromatic N) is 1. The molecule has 3 rings (SSSR count). The number of sulfonamides is 1. The van der Waals surface area contributed by atoms with Crippen LogP contribution in [0.2, 0.25) is 0 Å². The molecule has 0 N–H and O–H groups in total. The van der Waals surface area contributed by atoms with Gasteiger partial charge in [-0.25, -0.2) is 8.42 Å². The molecule has 1 aromatic carbocycles. The number of rotatable bonds is 3. The highest BCUT2D eigenvalue weighted by Gasteiger charge is 2.37. The van der Waals surface area contributed by atoms with Crippen LogP contribution in [0.3, 0.4) is 0 Å². The summed E-state index contributed by atoms with van der Waals surface area (Å²) in [5, 5.41) is 0. The van der Waals surface area contributed by atoms with Crippen molar-refractivity contribution in [2.24, 2.45) is 5.92 Å². The van der Waals surface area contributed by atoms with Gasteiger partial charge >= 0.3 is 0 Å². The van der Waals surface area contributed by atoms with Crippen LogP contribution < -0.4 is 9.47 Å². The van der Waals surface area contributed by atoms with E-state index in [1.807, 2.05) is 0 Å². The molecule has 21 heavy (non-hydrogen) atoms. The monoisotopic (exact) mass is 311 g/mol. The van der Waals surface area contributed by atoms with Gasteiger partial charge in [-0.05, 0) is 30.9 Å². The van der Waals surface area contributed by atoms with E-state index in [0.29, 0.717) is 42.1 Å². The van der Waals surface area contributed by atoms with E-state index in [1.165, 1.54) is 0 Å². The van der Waals surface area contributed by atoms with Gasteiger partial charge in [-0.3, -0.25) is 0 Å². The van der Waals surface area contributed by atoms with Crippen LogP contribution in [-0.2, 0) is 10.0 Å². The fourth-order valence-corrected chi connectivity index (χ4v) is 4.89. The minimum absolute atomic E-state index is 0.0863. The van der Waals surface area contributed by atoms with Gasteiger partial charge in [0.15, 0.2) is 11.5 Å². The van der Waals surface area contributed by atoms with E-state index in [2.05, 4.69) is 13.8 Å². The lowest BCUT2D eigenvalue weighted by molar-refractivity contribution is 0.171. The second kappa shape index (κ2) is 5.50. The maximum absolute atomic E-state index is 12.9. The third-order valence-corrected chi connectivity index (χ3v) is 6.06. The standard InChI is InChI=1S/C15H21NO4S/c1-11(2)13-4-3-7-16(13)21(17,18)12-5-6-14-15(10-12)20-9-8-19-14/h5-6,10-11,13H,3-4,7-9H2,1-2H3. The molecule has 6 heteroatoms. The Balaban J connectivity index is 1.95. The molecule has 0 saturated carbocycles. The zero-order valence-electron chi connectivity index (χ0n) is 12.4. The van der Waals surface area contributed by atoms with Gasteiger partial charge in [0, 0.05) is 18.7 Å². The van der Waals surface area contributed by atoms with Crippen molar-refractivity contribution in [1.82, 2.24) is 4.31 Å². The van der Waals surface area contributed by atoms with Crippen LogP contribution in [0, 0.1) is 5.92 Å². The molecular formula is C15H21NO4S. The van der Waals surface area contributed by atoms with Crippen LogP contribution in [0.4, 0.5) is 0 Å². The Morgan fingerprint density at radius 2 is 1.90 bits per heavy atom. The second-order valence-electron chi connectivity index (χ2n) is 5.87. The third kappa shape index (κ3) is 2.62. The largest absolute Gasteiger partial charge is 0.486 e. The van der Waals surface area contributed by atoms with Gasteiger partial charge in [-0.1, -0.05) is 13.8 Å². The topological polar surface area (TPSA) is 55.8 Å².